The van der Waals surface area contributed by atoms with Gasteiger partial charge in [-0.3, -0.25) is 9.59 Å². The van der Waals surface area contributed by atoms with Crippen molar-refractivity contribution in [3.8, 4) is 11.5 Å². The van der Waals surface area contributed by atoms with Crippen molar-refractivity contribution in [3.05, 3.63) is 65.2 Å². The average molecular weight is 411 g/mol. The fourth-order valence-electron chi connectivity index (χ4n) is 3.42. The molecule has 1 heterocycles. The zero-order chi connectivity index (χ0) is 21.8. The number of ketones is 1. The molecule has 2 aromatic rings. The maximum absolute atomic E-state index is 12.8. The highest BCUT2D eigenvalue weighted by molar-refractivity contribution is 6.46. The van der Waals surface area contributed by atoms with Crippen molar-refractivity contribution in [1.82, 2.24) is 4.90 Å². The number of likely N-dealkylation sites (tertiary alicyclic amines) is 1. The summed E-state index contributed by atoms with van der Waals surface area (Å²) < 4.78 is 10.7. The maximum atomic E-state index is 12.8. The number of nitrogens with zero attached hydrogens (tertiary/aromatic N) is 1. The van der Waals surface area contributed by atoms with Crippen molar-refractivity contribution < 1.29 is 29.3 Å². The first-order valence-electron chi connectivity index (χ1n) is 9.67. The van der Waals surface area contributed by atoms with E-state index in [1.807, 2.05) is 13.8 Å². The van der Waals surface area contributed by atoms with Crippen LogP contribution in [0.2, 0.25) is 0 Å². The molecule has 1 atom stereocenters. The molecule has 0 unspecified atom stereocenters. The second-order valence-electron chi connectivity index (χ2n) is 7.27. The van der Waals surface area contributed by atoms with Gasteiger partial charge in [0.2, 0.25) is 0 Å². The Balaban J connectivity index is 2.07. The Kier molecular flexibility index (Phi) is 6.42. The van der Waals surface area contributed by atoms with E-state index in [1.165, 1.54) is 24.1 Å². The molecular formula is C23H25NO6. The molecule has 7 heteroatoms. The normalized spacial score (nSPS) is 18.3. The monoisotopic (exact) mass is 411 g/mol. The van der Waals surface area contributed by atoms with Crippen molar-refractivity contribution >= 4 is 17.4 Å². The van der Waals surface area contributed by atoms with Gasteiger partial charge in [0, 0.05) is 19.2 Å². The molecule has 0 saturated carbocycles. The standard InChI is InChI=1S/C23H25NO6/c1-14(2)30-18-10-6-16(7-11-18)21(26)19-20(15-4-8-17(25)9-5-15)24(12-13-29-3)23(28)22(19)27/h4-11,14,20,25-26H,12-13H2,1-3H3/t20-/m1/s1. The highest BCUT2D eigenvalue weighted by atomic mass is 16.5. The molecule has 2 aromatic carbocycles. The minimum atomic E-state index is -0.785. The van der Waals surface area contributed by atoms with Gasteiger partial charge in [-0.05, 0) is 55.8 Å². The number of rotatable bonds is 7. The first kappa shape index (κ1) is 21.4. The molecule has 0 radical (unpaired) electrons. The Hall–Kier alpha value is -3.32. The third-order valence-electron chi connectivity index (χ3n) is 4.78. The third-order valence-corrected chi connectivity index (χ3v) is 4.78. The molecule has 0 aromatic heterocycles. The van der Waals surface area contributed by atoms with Crippen LogP contribution in [0.1, 0.15) is 31.0 Å². The molecule has 0 aliphatic carbocycles. The largest absolute Gasteiger partial charge is 0.508 e. The number of phenolic OH excluding ortho intramolecular Hbond substituents is 1. The summed E-state index contributed by atoms with van der Waals surface area (Å²) in [7, 11) is 1.51. The first-order chi connectivity index (χ1) is 14.3. The number of ether oxygens (including phenoxy) is 2. The molecule has 0 bridgehead atoms. The van der Waals surface area contributed by atoms with Crippen LogP contribution in [-0.2, 0) is 14.3 Å². The number of aromatic hydroxyl groups is 1. The van der Waals surface area contributed by atoms with Gasteiger partial charge >= 0.3 is 0 Å². The number of hydrogen-bond acceptors (Lipinski definition) is 6. The quantitative estimate of drug-likeness (QED) is 0.413. The van der Waals surface area contributed by atoms with Crippen LogP contribution in [0.15, 0.2) is 54.1 Å². The second-order valence-corrected chi connectivity index (χ2v) is 7.27. The summed E-state index contributed by atoms with van der Waals surface area (Å²) in [5, 5.41) is 20.6. The summed E-state index contributed by atoms with van der Waals surface area (Å²) in [4.78, 5) is 26.9. The molecule has 3 rings (SSSR count). The molecule has 30 heavy (non-hydrogen) atoms. The molecule has 2 N–H and O–H groups in total. The Bertz CT molecular complexity index is 947. The number of carbonyl (C=O) groups is 2. The summed E-state index contributed by atoms with van der Waals surface area (Å²) >= 11 is 0. The molecule has 1 saturated heterocycles. The fraction of sp³-hybridized carbons (Fsp3) is 0.304. The van der Waals surface area contributed by atoms with Crippen molar-refractivity contribution in [1.29, 1.82) is 0 Å². The molecule has 1 aliphatic heterocycles. The highest BCUT2D eigenvalue weighted by Gasteiger charge is 2.45. The topological polar surface area (TPSA) is 96.3 Å². The van der Waals surface area contributed by atoms with E-state index in [4.69, 9.17) is 9.47 Å². The molecule has 1 fully saturated rings. The highest BCUT2D eigenvalue weighted by Crippen LogP contribution is 2.39. The summed E-state index contributed by atoms with van der Waals surface area (Å²) in [6.45, 7) is 4.24. The van der Waals surface area contributed by atoms with E-state index in [1.54, 1.807) is 36.4 Å². The van der Waals surface area contributed by atoms with Gasteiger partial charge in [-0.2, -0.15) is 0 Å². The number of amides is 1. The van der Waals surface area contributed by atoms with Crippen molar-refractivity contribution in [2.24, 2.45) is 0 Å². The van der Waals surface area contributed by atoms with Gasteiger partial charge < -0.3 is 24.6 Å². The summed E-state index contributed by atoms with van der Waals surface area (Å²) in [5.41, 5.74) is 1.00. The number of Topliss-reactive ketones (excluding diaryl/α,β-unsaturated/α-hetero) is 1. The van der Waals surface area contributed by atoms with E-state index in [-0.39, 0.29) is 36.3 Å². The van der Waals surface area contributed by atoms with Crippen LogP contribution in [0.5, 0.6) is 11.5 Å². The van der Waals surface area contributed by atoms with E-state index >= 15 is 0 Å². The van der Waals surface area contributed by atoms with Crippen LogP contribution >= 0.6 is 0 Å². The molecule has 1 aliphatic rings. The Morgan fingerprint density at radius 1 is 1.07 bits per heavy atom. The second kappa shape index (κ2) is 9.00. The van der Waals surface area contributed by atoms with Crippen LogP contribution in [-0.4, -0.2) is 53.2 Å². The van der Waals surface area contributed by atoms with Gasteiger partial charge in [0.25, 0.3) is 11.7 Å². The summed E-state index contributed by atoms with van der Waals surface area (Å²) in [5.74, 6) is -1.02. The average Bonchev–Trinajstić information content (AvgIpc) is 2.97. The van der Waals surface area contributed by atoms with Gasteiger partial charge in [-0.15, -0.1) is 0 Å². The molecular weight excluding hydrogens is 386 g/mol. The zero-order valence-electron chi connectivity index (χ0n) is 17.2. The lowest BCUT2D eigenvalue weighted by atomic mass is 9.95. The van der Waals surface area contributed by atoms with Gasteiger partial charge in [0.05, 0.1) is 24.3 Å². The summed E-state index contributed by atoms with van der Waals surface area (Å²) in [6, 6.07) is 12.1. The molecule has 0 spiro atoms. The van der Waals surface area contributed by atoms with Gasteiger partial charge in [0.15, 0.2) is 0 Å². The fourth-order valence-corrected chi connectivity index (χ4v) is 3.42. The number of hydrogen-bond donors (Lipinski definition) is 2. The Morgan fingerprint density at radius 3 is 2.27 bits per heavy atom. The van der Waals surface area contributed by atoms with Crippen LogP contribution < -0.4 is 4.74 Å². The Labute approximate surface area is 175 Å². The first-order valence-corrected chi connectivity index (χ1v) is 9.67. The van der Waals surface area contributed by atoms with Crippen LogP contribution in [0.4, 0.5) is 0 Å². The number of benzene rings is 2. The van der Waals surface area contributed by atoms with Crippen molar-refractivity contribution in [2.75, 3.05) is 20.3 Å². The Morgan fingerprint density at radius 2 is 1.70 bits per heavy atom. The lowest BCUT2D eigenvalue weighted by molar-refractivity contribution is -0.140. The van der Waals surface area contributed by atoms with Crippen molar-refractivity contribution in [3.63, 3.8) is 0 Å². The summed E-state index contributed by atoms with van der Waals surface area (Å²) in [6.07, 6.45) is 0.00468. The predicted molar refractivity (Wildman–Crippen MR) is 111 cm³/mol. The minimum Gasteiger partial charge on any atom is -0.508 e. The minimum absolute atomic E-state index is 0.000629. The zero-order valence-corrected chi connectivity index (χ0v) is 17.2. The van der Waals surface area contributed by atoms with Gasteiger partial charge in [0.1, 0.15) is 17.3 Å². The van der Waals surface area contributed by atoms with E-state index in [9.17, 15) is 19.8 Å². The van der Waals surface area contributed by atoms with E-state index in [0.29, 0.717) is 16.9 Å². The lowest BCUT2D eigenvalue weighted by Crippen LogP contribution is -2.32. The van der Waals surface area contributed by atoms with Gasteiger partial charge in [-0.1, -0.05) is 12.1 Å². The van der Waals surface area contributed by atoms with Crippen LogP contribution in [0.3, 0.4) is 0 Å². The van der Waals surface area contributed by atoms with Crippen LogP contribution in [0.25, 0.3) is 5.76 Å². The maximum Gasteiger partial charge on any atom is 0.295 e. The van der Waals surface area contributed by atoms with E-state index in [2.05, 4.69) is 0 Å². The van der Waals surface area contributed by atoms with Crippen molar-refractivity contribution in [2.45, 2.75) is 26.0 Å². The SMILES string of the molecule is COCCN1C(=O)C(=O)C(=C(O)c2ccc(OC(C)C)cc2)[C@H]1c1ccc(O)cc1. The third kappa shape index (κ3) is 4.31. The van der Waals surface area contributed by atoms with Gasteiger partial charge in [-0.25, -0.2) is 0 Å². The lowest BCUT2D eigenvalue weighted by Gasteiger charge is -2.25. The predicted octanol–water partition coefficient (Wildman–Crippen LogP) is 3.25. The molecule has 1 amide bonds. The number of aliphatic hydroxyl groups is 1. The van der Waals surface area contributed by atoms with E-state index < -0.39 is 17.7 Å². The number of aliphatic hydroxyl groups excluding tert-OH is 1. The van der Waals surface area contributed by atoms with Crippen LogP contribution in [0, 0.1) is 0 Å². The number of carbonyl (C=O) groups excluding carboxylic acids is 2. The van der Waals surface area contributed by atoms with E-state index in [0.717, 1.165) is 0 Å². The smallest absolute Gasteiger partial charge is 0.295 e. The number of methoxy groups -OCH3 is 1. The molecule has 7 nitrogen and oxygen atoms in total. The number of phenols is 1. The molecule has 158 valence electrons.